The highest BCUT2D eigenvalue weighted by Gasteiger charge is 2.34. The van der Waals surface area contributed by atoms with Gasteiger partial charge in [0.15, 0.2) is 4.32 Å². The van der Waals surface area contributed by atoms with Gasteiger partial charge in [0.2, 0.25) is 0 Å². The second-order valence-electron chi connectivity index (χ2n) is 6.02. The number of para-hydroxylation sites is 1. The molecule has 1 N–H and O–H groups in total. The average molecular weight is 426 g/mol. The highest BCUT2D eigenvalue weighted by molar-refractivity contribution is 8.27. The Bertz CT molecular complexity index is 1110. The quantitative estimate of drug-likeness (QED) is 0.324. The molecular formula is C20H14N2O5S2. The summed E-state index contributed by atoms with van der Waals surface area (Å²) >= 11 is 6.39. The second-order valence-corrected chi connectivity index (χ2v) is 7.70. The van der Waals surface area contributed by atoms with Crippen LogP contribution < -0.4 is 4.90 Å². The number of carbonyl (C=O) groups excluding carboxylic acids is 1. The van der Waals surface area contributed by atoms with E-state index in [-0.39, 0.29) is 21.5 Å². The molecule has 0 unspecified atom stereocenters. The number of nitro groups is 1. The minimum atomic E-state index is -1.10. The number of amides is 1. The highest BCUT2D eigenvalue weighted by Crippen LogP contribution is 2.36. The molecule has 0 bridgehead atoms. The van der Waals surface area contributed by atoms with Crippen molar-refractivity contribution in [2.45, 2.75) is 6.92 Å². The molecule has 1 heterocycles. The van der Waals surface area contributed by atoms with Crippen LogP contribution in [-0.4, -0.2) is 26.2 Å². The Morgan fingerprint density at radius 2 is 2.00 bits per heavy atom. The number of thiocarbonyl (C=S) groups is 1. The Balaban J connectivity index is 1.89. The molecule has 7 nitrogen and oxygen atoms in total. The number of rotatable bonds is 5. The first-order valence-corrected chi connectivity index (χ1v) is 9.54. The van der Waals surface area contributed by atoms with E-state index in [1.165, 1.54) is 29.2 Å². The molecule has 0 radical (unpaired) electrons. The van der Waals surface area contributed by atoms with Crippen LogP contribution in [0.2, 0.25) is 0 Å². The number of hydrogen-bond donors (Lipinski definition) is 1. The lowest BCUT2D eigenvalue weighted by molar-refractivity contribution is -0.385. The van der Waals surface area contributed by atoms with Crippen LogP contribution in [0.4, 0.5) is 11.4 Å². The number of aromatic carboxylic acids is 1. The van der Waals surface area contributed by atoms with E-state index in [1.54, 1.807) is 43.3 Å². The topological polar surface area (TPSA) is 101 Å². The van der Waals surface area contributed by atoms with Gasteiger partial charge in [-0.1, -0.05) is 48.3 Å². The summed E-state index contributed by atoms with van der Waals surface area (Å²) in [6, 6.07) is 10.8. The molecule has 1 amide bonds. The molecule has 2 aromatic rings. The lowest BCUT2D eigenvalue weighted by Gasteiger charge is -2.17. The summed E-state index contributed by atoms with van der Waals surface area (Å²) in [7, 11) is 0. The molecule has 0 aromatic heterocycles. The van der Waals surface area contributed by atoms with Crippen LogP contribution in [0, 0.1) is 17.0 Å². The Hall–Kier alpha value is -3.30. The van der Waals surface area contributed by atoms with Crippen molar-refractivity contribution in [1.82, 2.24) is 0 Å². The van der Waals surface area contributed by atoms with Crippen LogP contribution in [0.1, 0.15) is 21.5 Å². The molecule has 0 spiro atoms. The highest BCUT2D eigenvalue weighted by atomic mass is 32.2. The van der Waals surface area contributed by atoms with Crippen molar-refractivity contribution in [2.75, 3.05) is 4.90 Å². The minimum absolute atomic E-state index is 0.0363. The first-order chi connectivity index (χ1) is 13.8. The molecule has 1 saturated heterocycles. The predicted octanol–water partition coefficient (Wildman–Crippen LogP) is 4.56. The maximum Gasteiger partial charge on any atom is 0.335 e. The number of benzene rings is 2. The van der Waals surface area contributed by atoms with E-state index in [2.05, 4.69) is 0 Å². The summed E-state index contributed by atoms with van der Waals surface area (Å²) in [5, 5.41) is 20.3. The number of hydrogen-bond acceptors (Lipinski definition) is 6. The fourth-order valence-electron chi connectivity index (χ4n) is 2.71. The van der Waals surface area contributed by atoms with E-state index in [4.69, 9.17) is 12.2 Å². The summed E-state index contributed by atoms with van der Waals surface area (Å²) in [4.78, 5) is 36.3. The smallest absolute Gasteiger partial charge is 0.335 e. The number of carbonyl (C=O) groups is 2. The van der Waals surface area contributed by atoms with E-state index < -0.39 is 10.9 Å². The van der Waals surface area contributed by atoms with Crippen LogP contribution in [0.15, 0.2) is 59.5 Å². The van der Waals surface area contributed by atoms with Gasteiger partial charge in [-0.15, -0.1) is 0 Å². The van der Waals surface area contributed by atoms with Gasteiger partial charge in [0.25, 0.3) is 11.6 Å². The first-order valence-electron chi connectivity index (χ1n) is 8.31. The SMILES string of the molecule is Cc1ccc(C(=O)O)cc1N1C(=O)/C(=C/C=C/c2ccccc2[N+](=O)[O-])SC1=S. The normalized spacial score (nSPS) is 15.5. The molecular weight excluding hydrogens is 412 g/mol. The summed E-state index contributed by atoms with van der Waals surface area (Å²) in [6.45, 7) is 1.76. The largest absolute Gasteiger partial charge is 0.478 e. The molecule has 29 heavy (non-hydrogen) atoms. The number of anilines is 1. The Labute approximate surface area is 175 Å². The number of aryl methyl sites for hydroxylation is 1. The van der Waals surface area contributed by atoms with E-state index in [1.807, 2.05) is 0 Å². The van der Waals surface area contributed by atoms with Gasteiger partial charge >= 0.3 is 5.97 Å². The van der Waals surface area contributed by atoms with Gasteiger partial charge in [-0.3, -0.25) is 19.8 Å². The summed E-state index contributed by atoms with van der Waals surface area (Å²) < 4.78 is 0.283. The second kappa shape index (κ2) is 8.38. The van der Waals surface area contributed by atoms with Crippen molar-refractivity contribution in [3.8, 4) is 0 Å². The molecule has 0 saturated carbocycles. The molecule has 2 aromatic carbocycles. The minimum Gasteiger partial charge on any atom is -0.478 e. The van der Waals surface area contributed by atoms with Crippen LogP contribution in [0.5, 0.6) is 0 Å². The van der Waals surface area contributed by atoms with Gasteiger partial charge in [-0.25, -0.2) is 4.79 Å². The molecule has 0 atom stereocenters. The van der Waals surface area contributed by atoms with E-state index in [0.717, 1.165) is 11.8 Å². The Morgan fingerprint density at radius 3 is 2.69 bits per heavy atom. The zero-order valence-electron chi connectivity index (χ0n) is 15.1. The third kappa shape index (κ3) is 4.25. The molecule has 0 aliphatic carbocycles. The van der Waals surface area contributed by atoms with Gasteiger partial charge in [0.05, 0.1) is 26.6 Å². The number of allylic oxidation sites excluding steroid dienone is 2. The predicted molar refractivity (Wildman–Crippen MR) is 116 cm³/mol. The molecule has 1 aliphatic rings. The van der Waals surface area contributed by atoms with Crippen molar-refractivity contribution in [2.24, 2.45) is 0 Å². The van der Waals surface area contributed by atoms with Crippen LogP contribution >= 0.6 is 24.0 Å². The zero-order valence-corrected chi connectivity index (χ0v) is 16.7. The van der Waals surface area contributed by atoms with Crippen LogP contribution in [0.25, 0.3) is 6.08 Å². The summed E-state index contributed by atoms with van der Waals surface area (Å²) in [5.41, 5.74) is 1.56. The van der Waals surface area contributed by atoms with E-state index in [9.17, 15) is 24.8 Å². The number of carboxylic acid groups (broad SMARTS) is 1. The average Bonchev–Trinajstić information content (AvgIpc) is 2.96. The maximum absolute atomic E-state index is 12.8. The van der Waals surface area contributed by atoms with Gasteiger partial charge < -0.3 is 5.11 Å². The monoisotopic (exact) mass is 426 g/mol. The van der Waals surface area contributed by atoms with Gasteiger partial charge in [0.1, 0.15) is 0 Å². The van der Waals surface area contributed by atoms with Crippen molar-refractivity contribution in [3.05, 3.63) is 86.3 Å². The lowest BCUT2D eigenvalue weighted by atomic mass is 10.1. The molecule has 1 aliphatic heterocycles. The third-order valence-electron chi connectivity index (χ3n) is 4.15. The summed E-state index contributed by atoms with van der Waals surface area (Å²) in [6.07, 6.45) is 4.63. The third-order valence-corrected chi connectivity index (χ3v) is 5.47. The molecule has 9 heteroatoms. The lowest BCUT2D eigenvalue weighted by Crippen LogP contribution is -2.28. The zero-order chi connectivity index (χ0) is 21.1. The van der Waals surface area contributed by atoms with E-state index >= 15 is 0 Å². The number of carboxylic acids is 1. The Kier molecular flexibility index (Phi) is 5.90. The molecule has 146 valence electrons. The van der Waals surface area contributed by atoms with Crippen molar-refractivity contribution in [1.29, 1.82) is 0 Å². The number of nitro benzene ring substituents is 1. The number of nitrogens with zero attached hydrogens (tertiary/aromatic N) is 2. The fourth-order valence-corrected chi connectivity index (χ4v) is 3.94. The van der Waals surface area contributed by atoms with Crippen LogP contribution in [0.3, 0.4) is 0 Å². The van der Waals surface area contributed by atoms with Crippen LogP contribution in [-0.2, 0) is 4.79 Å². The maximum atomic E-state index is 12.8. The van der Waals surface area contributed by atoms with Gasteiger partial charge in [-0.05, 0) is 42.8 Å². The van der Waals surface area contributed by atoms with Crippen molar-refractivity contribution in [3.63, 3.8) is 0 Å². The van der Waals surface area contributed by atoms with E-state index in [0.29, 0.717) is 21.7 Å². The Morgan fingerprint density at radius 1 is 1.28 bits per heavy atom. The standard InChI is InChI=1S/C20H14N2O5S2/c1-12-9-10-14(19(24)25)11-16(12)21-18(23)17(29-20(21)28)8-4-6-13-5-2-3-7-15(13)22(26)27/h2-11H,1H3,(H,24,25)/b6-4+,17-8-. The summed E-state index contributed by atoms with van der Waals surface area (Å²) in [5.74, 6) is -1.47. The fraction of sp³-hybridized carbons (Fsp3) is 0.0500. The van der Waals surface area contributed by atoms with Crippen molar-refractivity contribution >= 4 is 57.6 Å². The van der Waals surface area contributed by atoms with Crippen molar-refractivity contribution < 1.29 is 19.6 Å². The van der Waals surface area contributed by atoms with Gasteiger partial charge in [0, 0.05) is 6.07 Å². The molecule has 3 rings (SSSR count). The van der Waals surface area contributed by atoms with Gasteiger partial charge in [-0.2, -0.15) is 0 Å². The first kappa shape index (κ1) is 20.4. The molecule has 1 fully saturated rings. The number of thioether (sulfide) groups is 1.